The molecule has 0 saturated heterocycles. The zero-order chi connectivity index (χ0) is 12.0. The number of hydrogen-bond donors (Lipinski definition) is 0. The minimum Gasteiger partial charge on any atom is -0.298 e. The van der Waals surface area contributed by atoms with E-state index in [1.165, 1.54) is 10.5 Å². The lowest BCUT2D eigenvalue weighted by atomic mass is 10.0. The predicted molar refractivity (Wildman–Crippen MR) is 71.0 cm³/mol. The van der Waals surface area contributed by atoms with E-state index in [9.17, 15) is 4.79 Å². The van der Waals surface area contributed by atoms with Gasteiger partial charge in [0.15, 0.2) is 0 Å². The van der Waals surface area contributed by atoms with Crippen LogP contribution in [0, 0.1) is 12.8 Å². The first-order valence-corrected chi connectivity index (χ1v) is 6.84. The molecular formula is C14H20OS. The molecule has 1 aromatic rings. The Morgan fingerprint density at radius 3 is 2.69 bits per heavy atom. The standard InChI is InChI=1S/C14H20OS/c1-4-7-11(2)13(15)10-16-14-9-6-5-8-12(14)3/h5-6,8-9,11H,4,7,10H2,1-3H3. The van der Waals surface area contributed by atoms with Crippen LogP contribution in [0.4, 0.5) is 0 Å². The third-order valence-corrected chi connectivity index (χ3v) is 3.93. The number of carbonyl (C=O) groups is 1. The van der Waals surface area contributed by atoms with E-state index in [4.69, 9.17) is 0 Å². The molecule has 1 atom stereocenters. The lowest BCUT2D eigenvalue weighted by Gasteiger charge is -2.09. The molecule has 0 N–H and O–H groups in total. The first-order valence-electron chi connectivity index (χ1n) is 5.86. The Labute approximate surface area is 103 Å². The number of hydrogen-bond acceptors (Lipinski definition) is 2. The second-order valence-corrected chi connectivity index (χ2v) is 5.23. The van der Waals surface area contributed by atoms with E-state index in [1.807, 2.05) is 19.1 Å². The van der Waals surface area contributed by atoms with E-state index in [1.54, 1.807) is 11.8 Å². The van der Waals surface area contributed by atoms with Crippen molar-refractivity contribution in [2.24, 2.45) is 5.92 Å². The van der Waals surface area contributed by atoms with E-state index in [2.05, 4.69) is 26.0 Å². The molecule has 0 amide bonds. The molecule has 0 aromatic heterocycles. The van der Waals surface area contributed by atoms with Crippen molar-refractivity contribution >= 4 is 17.5 Å². The fourth-order valence-corrected chi connectivity index (χ4v) is 2.66. The average molecular weight is 236 g/mol. The highest BCUT2D eigenvalue weighted by atomic mass is 32.2. The summed E-state index contributed by atoms with van der Waals surface area (Å²) in [6.45, 7) is 6.24. The summed E-state index contributed by atoms with van der Waals surface area (Å²) in [4.78, 5) is 13.0. The van der Waals surface area contributed by atoms with Gasteiger partial charge in [0, 0.05) is 10.8 Å². The Morgan fingerprint density at radius 2 is 2.06 bits per heavy atom. The highest BCUT2D eigenvalue weighted by Gasteiger charge is 2.12. The molecule has 88 valence electrons. The van der Waals surface area contributed by atoms with Gasteiger partial charge in [-0.05, 0) is 25.0 Å². The second kappa shape index (κ2) is 6.74. The minimum atomic E-state index is 0.210. The Bertz CT molecular complexity index is 346. The van der Waals surface area contributed by atoms with E-state index < -0.39 is 0 Å². The maximum Gasteiger partial charge on any atom is 0.145 e. The maximum absolute atomic E-state index is 11.8. The van der Waals surface area contributed by atoms with Crippen molar-refractivity contribution in [3.8, 4) is 0 Å². The number of carbonyl (C=O) groups excluding carboxylic acids is 1. The molecule has 2 heteroatoms. The predicted octanol–water partition coefficient (Wildman–Crippen LogP) is 4.09. The van der Waals surface area contributed by atoms with Gasteiger partial charge in [-0.3, -0.25) is 4.79 Å². The first-order chi connectivity index (χ1) is 7.65. The van der Waals surface area contributed by atoms with Crippen LogP contribution in [0.15, 0.2) is 29.2 Å². The van der Waals surface area contributed by atoms with Gasteiger partial charge in [-0.15, -0.1) is 11.8 Å². The van der Waals surface area contributed by atoms with Crippen molar-refractivity contribution in [3.05, 3.63) is 29.8 Å². The van der Waals surface area contributed by atoms with Gasteiger partial charge in [-0.1, -0.05) is 38.5 Å². The van der Waals surface area contributed by atoms with Crippen molar-refractivity contribution in [1.29, 1.82) is 0 Å². The fourth-order valence-electron chi connectivity index (χ4n) is 1.60. The summed E-state index contributed by atoms with van der Waals surface area (Å²) in [5.41, 5.74) is 1.25. The number of Topliss-reactive ketones (excluding diaryl/α,β-unsaturated/α-hetero) is 1. The Kier molecular flexibility index (Phi) is 5.61. The molecule has 16 heavy (non-hydrogen) atoms. The van der Waals surface area contributed by atoms with E-state index >= 15 is 0 Å². The Balaban J connectivity index is 2.46. The molecule has 1 aromatic carbocycles. The highest BCUT2D eigenvalue weighted by Crippen LogP contribution is 2.23. The zero-order valence-electron chi connectivity index (χ0n) is 10.3. The monoisotopic (exact) mass is 236 g/mol. The van der Waals surface area contributed by atoms with E-state index in [0.717, 1.165) is 12.8 Å². The van der Waals surface area contributed by atoms with E-state index in [0.29, 0.717) is 11.5 Å². The van der Waals surface area contributed by atoms with Gasteiger partial charge < -0.3 is 0 Å². The summed E-state index contributed by atoms with van der Waals surface area (Å²) in [7, 11) is 0. The van der Waals surface area contributed by atoms with Gasteiger partial charge in [-0.25, -0.2) is 0 Å². The van der Waals surface area contributed by atoms with Crippen LogP contribution in [0.1, 0.15) is 32.3 Å². The molecule has 1 unspecified atom stereocenters. The van der Waals surface area contributed by atoms with Gasteiger partial charge in [-0.2, -0.15) is 0 Å². The van der Waals surface area contributed by atoms with Crippen LogP contribution in [0.25, 0.3) is 0 Å². The normalized spacial score (nSPS) is 12.4. The molecule has 0 spiro atoms. The lowest BCUT2D eigenvalue weighted by molar-refractivity contribution is -0.120. The third-order valence-electron chi connectivity index (χ3n) is 2.73. The van der Waals surface area contributed by atoms with Crippen molar-refractivity contribution in [1.82, 2.24) is 0 Å². The third kappa shape index (κ3) is 4.01. The molecule has 1 nitrogen and oxygen atoms in total. The van der Waals surface area contributed by atoms with Gasteiger partial charge in [0.1, 0.15) is 5.78 Å². The van der Waals surface area contributed by atoms with Crippen molar-refractivity contribution in [2.45, 2.75) is 38.5 Å². The molecule has 0 aliphatic heterocycles. The fraction of sp³-hybridized carbons (Fsp3) is 0.500. The quantitative estimate of drug-likeness (QED) is 0.692. The zero-order valence-corrected chi connectivity index (χ0v) is 11.1. The molecule has 0 aliphatic carbocycles. The SMILES string of the molecule is CCCC(C)C(=O)CSc1ccccc1C. The van der Waals surface area contributed by atoms with E-state index in [-0.39, 0.29) is 5.92 Å². The molecule has 0 aliphatic rings. The summed E-state index contributed by atoms with van der Waals surface area (Å²) in [5, 5.41) is 0. The highest BCUT2D eigenvalue weighted by molar-refractivity contribution is 8.00. The number of benzene rings is 1. The largest absolute Gasteiger partial charge is 0.298 e. The smallest absolute Gasteiger partial charge is 0.145 e. The molecule has 0 bridgehead atoms. The van der Waals surface area contributed by atoms with Crippen LogP contribution in [0.5, 0.6) is 0 Å². The minimum absolute atomic E-state index is 0.210. The topological polar surface area (TPSA) is 17.1 Å². The first kappa shape index (κ1) is 13.3. The summed E-state index contributed by atoms with van der Waals surface area (Å²) in [6, 6.07) is 8.22. The van der Waals surface area contributed by atoms with Crippen LogP contribution in [-0.2, 0) is 4.79 Å². The Morgan fingerprint density at radius 1 is 1.38 bits per heavy atom. The van der Waals surface area contributed by atoms with Crippen LogP contribution in [0.2, 0.25) is 0 Å². The van der Waals surface area contributed by atoms with Crippen molar-refractivity contribution < 1.29 is 4.79 Å². The molecule has 1 rings (SSSR count). The molecule has 0 fully saturated rings. The summed E-state index contributed by atoms with van der Waals surface area (Å²) >= 11 is 1.66. The number of thioether (sulfide) groups is 1. The summed E-state index contributed by atoms with van der Waals surface area (Å²) in [5.74, 6) is 1.18. The van der Waals surface area contributed by atoms with Gasteiger partial charge in [0.2, 0.25) is 0 Å². The lowest BCUT2D eigenvalue weighted by Crippen LogP contribution is -2.13. The van der Waals surface area contributed by atoms with Gasteiger partial charge >= 0.3 is 0 Å². The van der Waals surface area contributed by atoms with Gasteiger partial charge in [0.05, 0.1) is 5.75 Å². The summed E-state index contributed by atoms with van der Waals surface area (Å²) < 4.78 is 0. The van der Waals surface area contributed by atoms with Crippen LogP contribution < -0.4 is 0 Å². The average Bonchev–Trinajstić information content (AvgIpc) is 2.28. The number of aryl methyl sites for hydroxylation is 1. The second-order valence-electron chi connectivity index (χ2n) is 4.21. The van der Waals surface area contributed by atoms with Crippen LogP contribution in [0.3, 0.4) is 0 Å². The molecule has 0 saturated carbocycles. The number of ketones is 1. The number of rotatable bonds is 6. The molecule has 0 radical (unpaired) electrons. The van der Waals surface area contributed by atoms with Crippen LogP contribution >= 0.6 is 11.8 Å². The maximum atomic E-state index is 11.8. The van der Waals surface area contributed by atoms with Gasteiger partial charge in [0.25, 0.3) is 0 Å². The summed E-state index contributed by atoms with van der Waals surface area (Å²) in [6.07, 6.45) is 2.09. The van der Waals surface area contributed by atoms with Crippen molar-refractivity contribution in [3.63, 3.8) is 0 Å². The Hall–Kier alpha value is -0.760. The van der Waals surface area contributed by atoms with Crippen molar-refractivity contribution in [2.75, 3.05) is 5.75 Å². The molecule has 0 heterocycles. The molecular weight excluding hydrogens is 216 g/mol. The van der Waals surface area contributed by atoms with Crippen LogP contribution in [-0.4, -0.2) is 11.5 Å².